The summed E-state index contributed by atoms with van der Waals surface area (Å²) in [6.45, 7) is 0.320. The van der Waals surface area contributed by atoms with Crippen LogP contribution in [-0.4, -0.2) is 10.9 Å². The molecule has 2 rings (SSSR count). The summed E-state index contributed by atoms with van der Waals surface area (Å²) in [5.41, 5.74) is 0.581. The molecule has 2 aromatic rings. The van der Waals surface area contributed by atoms with Crippen molar-refractivity contribution in [1.29, 1.82) is 0 Å². The minimum Gasteiger partial charge on any atom is -0.311 e. The molecule has 1 aromatic carbocycles. The number of carbonyl (C=O) groups is 1. The maximum absolute atomic E-state index is 12.7. The summed E-state index contributed by atoms with van der Waals surface area (Å²) in [7, 11) is 0. The molecular weight excluding hydrogens is 221 g/mol. The number of halogens is 1. The van der Waals surface area contributed by atoms with Crippen LogP contribution in [0.5, 0.6) is 0 Å². The maximum atomic E-state index is 12.7. The lowest BCUT2D eigenvalue weighted by atomic mass is 10.2. The smallest absolute Gasteiger partial charge is 0.261 e. The van der Waals surface area contributed by atoms with E-state index < -0.39 is 0 Å². The third-order valence-corrected chi connectivity index (χ3v) is 2.44. The molecule has 0 unspecified atom stereocenters. The van der Waals surface area contributed by atoms with Crippen LogP contribution >= 0.6 is 0 Å². The highest BCUT2D eigenvalue weighted by atomic mass is 19.1. The lowest BCUT2D eigenvalue weighted by molar-refractivity contribution is 0.112. The molecule has 0 aliphatic rings. The number of aldehydes is 1. The number of hydrogen-bond acceptors (Lipinski definition) is 2. The lowest BCUT2D eigenvalue weighted by Gasteiger charge is -2.05. The Hall–Kier alpha value is -2.23. The van der Waals surface area contributed by atoms with Crippen LogP contribution in [0.3, 0.4) is 0 Å². The summed E-state index contributed by atoms with van der Waals surface area (Å²) in [5, 5.41) is 0. The molecule has 0 spiro atoms. The van der Waals surface area contributed by atoms with E-state index >= 15 is 0 Å². The first-order valence-corrected chi connectivity index (χ1v) is 5.10. The second kappa shape index (κ2) is 4.74. The van der Waals surface area contributed by atoms with Crippen LogP contribution in [0.1, 0.15) is 15.9 Å². The molecule has 0 amide bonds. The summed E-state index contributed by atoms with van der Waals surface area (Å²) >= 11 is 0. The van der Waals surface area contributed by atoms with Gasteiger partial charge in [-0.2, -0.15) is 0 Å². The fraction of sp³-hybridized carbons (Fsp3) is 0.0769. The van der Waals surface area contributed by atoms with Crippen molar-refractivity contribution in [2.75, 3.05) is 0 Å². The number of hydrogen-bond donors (Lipinski definition) is 0. The maximum Gasteiger partial charge on any atom is 0.261 e. The van der Waals surface area contributed by atoms with Crippen LogP contribution in [0.2, 0.25) is 0 Å². The van der Waals surface area contributed by atoms with E-state index in [-0.39, 0.29) is 16.9 Å². The van der Waals surface area contributed by atoms with Gasteiger partial charge in [-0.3, -0.25) is 9.59 Å². The van der Waals surface area contributed by atoms with Crippen molar-refractivity contribution in [3.63, 3.8) is 0 Å². The highest BCUT2D eigenvalue weighted by molar-refractivity contribution is 5.73. The average Bonchev–Trinajstić information content (AvgIpc) is 2.35. The largest absolute Gasteiger partial charge is 0.311 e. The lowest BCUT2D eigenvalue weighted by Crippen LogP contribution is -2.23. The summed E-state index contributed by atoms with van der Waals surface area (Å²) in [6.07, 6.45) is 2.13. The molecule has 1 heterocycles. The van der Waals surface area contributed by atoms with Crippen molar-refractivity contribution in [3.05, 3.63) is 69.9 Å². The molecule has 17 heavy (non-hydrogen) atoms. The molecule has 0 aliphatic carbocycles. The Morgan fingerprint density at radius 3 is 2.53 bits per heavy atom. The highest BCUT2D eigenvalue weighted by Crippen LogP contribution is 2.04. The Morgan fingerprint density at radius 1 is 1.18 bits per heavy atom. The standard InChI is InChI=1S/C13H10FNO2/c14-12-5-3-10(4-6-12)8-15-7-1-2-11(9-16)13(15)17/h1-7,9H,8H2. The Bertz CT molecular complexity index is 587. The van der Waals surface area contributed by atoms with Crippen LogP contribution in [-0.2, 0) is 6.54 Å². The predicted molar refractivity (Wildman–Crippen MR) is 61.6 cm³/mol. The SMILES string of the molecule is O=Cc1cccn(Cc2ccc(F)cc2)c1=O. The fourth-order valence-corrected chi connectivity index (χ4v) is 1.56. The Kier molecular flexibility index (Phi) is 3.14. The average molecular weight is 231 g/mol. The molecule has 0 fully saturated rings. The van der Waals surface area contributed by atoms with E-state index in [0.29, 0.717) is 12.8 Å². The first kappa shape index (κ1) is 11.3. The van der Waals surface area contributed by atoms with Gasteiger partial charge in [0, 0.05) is 6.20 Å². The summed E-state index contributed by atoms with van der Waals surface area (Å²) in [5.74, 6) is -0.317. The van der Waals surface area contributed by atoms with E-state index in [0.717, 1.165) is 5.56 Å². The van der Waals surface area contributed by atoms with Crippen molar-refractivity contribution in [2.24, 2.45) is 0 Å². The predicted octanol–water partition coefficient (Wildman–Crippen LogP) is 1.85. The summed E-state index contributed by atoms with van der Waals surface area (Å²) in [4.78, 5) is 22.3. The minimum absolute atomic E-state index is 0.120. The first-order valence-electron chi connectivity index (χ1n) is 5.10. The van der Waals surface area contributed by atoms with Crippen LogP contribution in [0.15, 0.2) is 47.4 Å². The van der Waals surface area contributed by atoms with Crippen molar-refractivity contribution in [2.45, 2.75) is 6.54 Å². The van der Waals surface area contributed by atoms with Crippen LogP contribution in [0, 0.1) is 5.82 Å². The van der Waals surface area contributed by atoms with E-state index in [9.17, 15) is 14.0 Å². The van der Waals surface area contributed by atoms with Gasteiger partial charge in [0.05, 0.1) is 12.1 Å². The van der Waals surface area contributed by atoms with Crippen molar-refractivity contribution < 1.29 is 9.18 Å². The van der Waals surface area contributed by atoms with Crippen molar-refractivity contribution in [3.8, 4) is 0 Å². The van der Waals surface area contributed by atoms with Crippen LogP contribution < -0.4 is 5.56 Å². The van der Waals surface area contributed by atoms with E-state index in [1.165, 1.54) is 22.8 Å². The van der Waals surface area contributed by atoms with Gasteiger partial charge in [-0.15, -0.1) is 0 Å². The fourth-order valence-electron chi connectivity index (χ4n) is 1.56. The number of aromatic nitrogens is 1. The quantitative estimate of drug-likeness (QED) is 0.756. The zero-order chi connectivity index (χ0) is 12.3. The molecule has 0 aliphatic heterocycles. The zero-order valence-corrected chi connectivity index (χ0v) is 8.97. The molecule has 3 nitrogen and oxygen atoms in total. The normalized spacial score (nSPS) is 10.2. The van der Waals surface area contributed by atoms with Gasteiger partial charge < -0.3 is 4.57 Å². The summed E-state index contributed by atoms with van der Waals surface area (Å²) < 4.78 is 14.1. The summed E-state index contributed by atoms with van der Waals surface area (Å²) in [6, 6.07) is 8.99. The van der Waals surface area contributed by atoms with E-state index in [1.807, 2.05) is 0 Å². The molecule has 0 saturated carbocycles. The molecule has 0 N–H and O–H groups in total. The number of benzene rings is 1. The Morgan fingerprint density at radius 2 is 1.88 bits per heavy atom. The monoisotopic (exact) mass is 231 g/mol. The number of nitrogens with zero attached hydrogens (tertiary/aromatic N) is 1. The Balaban J connectivity index is 2.33. The Labute approximate surface area is 97.1 Å². The van der Waals surface area contributed by atoms with Crippen LogP contribution in [0.4, 0.5) is 4.39 Å². The molecule has 0 bridgehead atoms. The first-order chi connectivity index (χ1) is 8.20. The van der Waals surface area contributed by atoms with Crippen LogP contribution in [0.25, 0.3) is 0 Å². The minimum atomic E-state index is -0.341. The molecule has 1 aromatic heterocycles. The molecule has 0 atom stereocenters. The third-order valence-electron chi connectivity index (χ3n) is 2.44. The molecule has 0 radical (unpaired) electrons. The topological polar surface area (TPSA) is 39.1 Å². The third kappa shape index (κ3) is 2.47. The molecule has 0 saturated heterocycles. The van der Waals surface area contributed by atoms with E-state index in [4.69, 9.17) is 0 Å². The second-order valence-electron chi connectivity index (χ2n) is 3.64. The van der Waals surface area contributed by atoms with Gasteiger partial charge in [0.1, 0.15) is 5.82 Å². The number of pyridine rings is 1. The van der Waals surface area contributed by atoms with Gasteiger partial charge in [-0.25, -0.2) is 4.39 Å². The molecule has 86 valence electrons. The van der Waals surface area contributed by atoms with Gasteiger partial charge in [0.25, 0.3) is 5.56 Å². The van der Waals surface area contributed by atoms with Gasteiger partial charge in [0.15, 0.2) is 6.29 Å². The van der Waals surface area contributed by atoms with Crippen molar-refractivity contribution >= 4 is 6.29 Å². The zero-order valence-electron chi connectivity index (χ0n) is 8.97. The molecular formula is C13H10FNO2. The van der Waals surface area contributed by atoms with Gasteiger partial charge >= 0.3 is 0 Å². The van der Waals surface area contributed by atoms with E-state index in [1.54, 1.807) is 24.4 Å². The van der Waals surface area contributed by atoms with Gasteiger partial charge in [-0.1, -0.05) is 12.1 Å². The van der Waals surface area contributed by atoms with Gasteiger partial charge in [0.2, 0.25) is 0 Å². The molecule has 4 heteroatoms. The van der Waals surface area contributed by atoms with Crippen molar-refractivity contribution in [1.82, 2.24) is 4.57 Å². The van der Waals surface area contributed by atoms with E-state index in [2.05, 4.69) is 0 Å². The number of carbonyl (C=O) groups excluding carboxylic acids is 1. The highest BCUT2D eigenvalue weighted by Gasteiger charge is 2.02. The number of rotatable bonds is 3. The van der Waals surface area contributed by atoms with Gasteiger partial charge in [-0.05, 0) is 29.8 Å². The second-order valence-corrected chi connectivity index (χ2v) is 3.64.